The van der Waals surface area contributed by atoms with Gasteiger partial charge in [0.15, 0.2) is 5.96 Å². The number of nitrogens with zero attached hydrogens (tertiary/aromatic N) is 4. The Bertz CT molecular complexity index is 666. The predicted octanol–water partition coefficient (Wildman–Crippen LogP) is 2.32. The average molecular weight is 391 g/mol. The lowest BCUT2D eigenvalue weighted by Gasteiger charge is -2.20. The van der Waals surface area contributed by atoms with E-state index in [4.69, 9.17) is 4.99 Å². The van der Waals surface area contributed by atoms with Gasteiger partial charge < -0.3 is 15.5 Å². The van der Waals surface area contributed by atoms with Crippen molar-refractivity contribution in [1.82, 2.24) is 25.3 Å². The molecule has 0 radical (unpaired) electrons. The van der Waals surface area contributed by atoms with Crippen molar-refractivity contribution in [1.29, 1.82) is 0 Å². The molecule has 0 bridgehead atoms. The number of carbonyl (C=O) groups is 1. The van der Waals surface area contributed by atoms with Crippen LogP contribution in [-0.2, 0) is 18.3 Å². The summed E-state index contributed by atoms with van der Waals surface area (Å²) in [7, 11) is 1.99. The molecule has 7 heteroatoms. The van der Waals surface area contributed by atoms with Crippen LogP contribution in [-0.4, -0.2) is 58.8 Å². The standard InChI is InChI=1S/C21H38N6O/c1-6-22-21(23-12-10-14-27-13-9-7-8-11-20(27)28)24-16(2)15-19-17(3)25-26(5)18(19)4/h16H,6-15H2,1-5H3,(H2,22,23,24). The van der Waals surface area contributed by atoms with E-state index in [9.17, 15) is 4.79 Å². The molecule has 0 aliphatic carbocycles. The summed E-state index contributed by atoms with van der Waals surface area (Å²) in [5.41, 5.74) is 3.62. The summed E-state index contributed by atoms with van der Waals surface area (Å²) in [5, 5.41) is 11.3. The van der Waals surface area contributed by atoms with E-state index in [2.05, 4.69) is 43.4 Å². The maximum absolute atomic E-state index is 12.1. The van der Waals surface area contributed by atoms with Gasteiger partial charge in [-0.1, -0.05) is 6.42 Å². The number of aliphatic imine (C=N–C) groups is 1. The van der Waals surface area contributed by atoms with Gasteiger partial charge in [0.1, 0.15) is 0 Å². The number of amides is 1. The van der Waals surface area contributed by atoms with Gasteiger partial charge >= 0.3 is 0 Å². The zero-order valence-electron chi connectivity index (χ0n) is 18.3. The second-order valence-corrected chi connectivity index (χ2v) is 7.83. The molecule has 1 aromatic heterocycles. The van der Waals surface area contributed by atoms with Crippen molar-refractivity contribution in [3.05, 3.63) is 17.0 Å². The summed E-state index contributed by atoms with van der Waals surface area (Å²) in [6.45, 7) is 11.7. The fraction of sp³-hybridized carbons (Fsp3) is 0.762. The molecule has 0 aromatic carbocycles. The van der Waals surface area contributed by atoms with Crippen LogP contribution in [0.25, 0.3) is 0 Å². The summed E-state index contributed by atoms with van der Waals surface area (Å²) in [5.74, 6) is 1.15. The molecule has 2 heterocycles. The van der Waals surface area contributed by atoms with Crippen LogP contribution in [0.3, 0.4) is 0 Å². The van der Waals surface area contributed by atoms with Gasteiger partial charge in [0, 0.05) is 51.4 Å². The Hall–Kier alpha value is -2.05. The third kappa shape index (κ3) is 6.53. The smallest absolute Gasteiger partial charge is 0.222 e. The highest BCUT2D eigenvalue weighted by Gasteiger charge is 2.16. The first-order chi connectivity index (χ1) is 13.4. The van der Waals surface area contributed by atoms with Crippen LogP contribution >= 0.6 is 0 Å². The fourth-order valence-corrected chi connectivity index (χ4v) is 3.75. The Morgan fingerprint density at radius 3 is 2.75 bits per heavy atom. The minimum absolute atomic E-state index is 0.256. The molecule has 158 valence electrons. The minimum Gasteiger partial charge on any atom is -0.357 e. The molecule has 7 nitrogen and oxygen atoms in total. The van der Waals surface area contributed by atoms with Crippen LogP contribution in [0.15, 0.2) is 4.99 Å². The van der Waals surface area contributed by atoms with Gasteiger partial charge in [-0.3, -0.25) is 14.5 Å². The predicted molar refractivity (Wildman–Crippen MR) is 115 cm³/mol. The monoisotopic (exact) mass is 390 g/mol. The Balaban J connectivity index is 1.84. The van der Waals surface area contributed by atoms with E-state index in [1.165, 1.54) is 17.7 Å². The van der Waals surface area contributed by atoms with Crippen molar-refractivity contribution >= 4 is 11.9 Å². The molecule has 2 N–H and O–H groups in total. The molecule has 1 aliphatic rings. The van der Waals surface area contributed by atoms with Crippen LogP contribution in [0.2, 0.25) is 0 Å². The van der Waals surface area contributed by atoms with E-state index in [1.54, 1.807) is 0 Å². The van der Waals surface area contributed by atoms with E-state index in [1.807, 2.05) is 16.6 Å². The molecule has 1 atom stereocenters. The summed E-state index contributed by atoms with van der Waals surface area (Å²) >= 11 is 0. The minimum atomic E-state index is 0.256. The largest absolute Gasteiger partial charge is 0.357 e. The topological polar surface area (TPSA) is 74.6 Å². The van der Waals surface area contributed by atoms with Gasteiger partial charge in [0.2, 0.25) is 5.91 Å². The van der Waals surface area contributed by atoms with E-state index >= 15 is 0 Å². The average Bonchev–Trinajstić information content (AvgIpc) is 2.79. The van der Waals surface area contributed by atoms with Gasteiger partial charge in [0.05, 0.1) is 5.69 Å². The molecule has 1 aliphatic heterocycles. The van der Waals surface area contributed by atoms with Crippen LogP contribution in [0.1, 0.15) is 62.9 Å². The first-order valence-electron chi connectivity index (χ1n) is 10.7. The fourth-order valence-electron chi connectivity index (χ4n) is 3.75. The van der Waals surface area contributed by atoms with Crippen molar-refractivity contribution < 1.29 is 4.79 Å². The lowest BCUT2D eigenvalue weighted by atomic mass is 10.1. The molecule has 2 rings (SSSR count). The lowest BCUT2D eigenvalue weighted by molar-refractivity contribution is -0.130. The number of likely N-dealkylation sites (tertiary alicyclic amines) is 1. The highest BCUT2D eigenvalue weighted by Crippen LogP contribution is 2.14. The zero-order chi connectivity index (χ0) is 20.5. The van der Waals surface area contributed by atoms with Gasteiger partial charge in [-0.25, -0.2) is 0 Å². The molecule has 1 aromatic rings. The number of aryl methyl sites for hydroxylation is 2. The van der Waals surface area contributed by atoms with Crippen molar-refractivity contribution in [3.8, 4) is 0 Å². The number of aromatic nitrogens is 2. The number of hydrogen-bond acceptors (Lipinski definition) is 3. The van der Waals surface area contributed by atoms with Gasteiger partial charge in [-0.15, -0.1) is 0 Å². The quantitative estimate of drug-likeness (QED) is 0.406. The zero-order valence-corrected chi connectivity index (χ0v) is 18.3. The molecular formula is C21H38N6O. The van der Waals surface area contributed by atoms with E-state index < -0.39 is 0 Å². The van der Waals surface area contributed by atoms with Gasteiger partial charge in [-0.2, -0.15) is 5.10 Å². The molecular weight excluding hydrogens is 352 g/mol. The second-order valence-electron chi connectivity index (χ2n) is 7.83. The molecule has 1 saturated heterocycles. The Morgan fingerprint density at radius 1 is 1.29 bits per heavy atom. The van der Waals surface area contributed by atoms with E-state index in [0.29, 0.717) is 12.3 Å². The van der Waals surface area contributed by atoms with Crippen molar-refractivity contribution in [3.63, 3.8) is 0 Å². The SMILES string of the molecule is CCNC(=NCCCN1CCCCCC1=O)NC(C)Cc1c(C)nn(C)c1C. The van der Waals surface area contributed by atoms with Gasteiger partial charge in [-0.05, 0) is 58.9 Å². The lowest BCUT2D eigenvalue weighted by Crippen LogP contribution is -2.43. The third-order valence-corrected chi connectivity index (χ3v) is 5.42. The molecule has 0 saturated carbocycles. The maximum atomic E-state index is 12.1. The normalized spacial score (nSPS) is 16.8. The van der Waals surface area contributed by atoms with Crippen LogP contribution in [0.4, 0.5) is 0 Å². The summed E-state index contributed by atoms with van der Waals surface area (Å²) in [6, 6.07) is 0.256. The number of carbonyl (C=O) groups excluding carboxylic acids is 1. The molecule has 1 fully saturated rings. The summed E-state index contributed by atoms with van der Waals surface area (Å²) < 4.78 is 1.95. The molecule has 0 spiro atoms. The summed E-state index contributed by atoms with van der Waals surface area (Å²) in [4.78, 5) is 18.8. The van der Waals surface area contributed by atoms with Gasteiger partial charge in [0.25, 0.3) is 0 Å². The molecule has 28 heavy (non-hydrogen) atoms. The van der Waals surface area contributed by atoms with Crippen LogP contribution in [0, 0.1) is 13.8 Å². The maximum Gasteiger partial charge on any atom is 0.222 e. The highest BCUT2D eigenvalue weighted by molar-refractivity contribution is 5.80. The van der Waals surface area contributed by atoms with Crippen molar-refractivity contribution in [2.45, 2.75) is 72.3 Å². The Labute approximate surface area is 170 Å². The highest BCUT2D eigenvalue weighted by atomic mass is 16.2. The van der Waals surface area contributed by atoms with Crippen molar-refractivity contribution in [2.24, 2.45) is 12.0 Å². The van der Waals surface area contributed by atoms with E-state index in [-0.39, 0.29) is 6.04 Å². The second kappa shape index (κ2) is 11.1. The Kier molecular flexibility index (Phi) is 8.80. The molecule has 1 unspecified atom stereocenters. The first-order valence-corrected chi connectivity index (χ1v) is 10.7. The third-order valence-electron chi connectivity index (χ3n) is 5.42. The Morgan fingerprint density at radius 2 is 2.07 bits per heavy atom. The van der Waals surface area contributed by atoms with Crippen molar-refractivity contribution in [2.75, 3.05) is 26.2 Å². The number of guanidine groups is 1. The first kappa shape index (κ1) is 22.2. The number of hydrogen-bond donors (Lipinski definition) is 2. The van der Waals surface area contributed by atoms with E-state index in [0.717, 1.165) is 63.5 Å². The number of rotatable bonds is 8. The van der Waals surface area contributed by atoms with Crippen LogP contribution in [0.5, 0.6) is 0 Å². The summed E-state index contributed by atoms with van der Waals surface area (Å²) in [6.07, 6.45) is 5.86. The number of nitrogens with one attached hydrogen (secondary N) is 2. The van der Waals surface area contributed by atoms with Crippen LogP contribution < -0.4 is 10.6 Å². The molecule has 1 amide bonds.